The summed E-state index contributed by atoms with van der Waals surface area (Å²) >= 11 is 0. The van der Waals surface area contributed by atoms with Crippen LogP contribution in [0.1, 0.15) is 35.5 Å². The smallest absolute Gasteiger partial charge is 0.261 e. The van der Waals surface area contributed by atoms with Gasteiger partial charge in [0.15, 0.2) is 6.29 Å². The van der Waals surface area contributed by atoms with Crippen LogP contribution < -0.4 is 4.72 Å². The molecule has 1 aliphatic heterocycles. The highest BCUT2D eigenvalue weighted by Crippen LogP contribution is 2.38. The summed E-state index contributed by atoms with van der Waals surface area (Å²) in [5.41, 5.74) is 2.98. The number of sulfonamides is 1. The van der Waals surface area contributed by atoms with Crippen LogP contribution in [0.2, 0.25) is 0 Å². The SMILES string of the molecule is C=CCN(C)C[C@@H]1C[C@H](c2ccc(CO)cc2)OC(c2cccc(NS(=O)(=O)c3ccccc3)c2)O1. The largest absolute Gasteiger partial charge is 0.392 e. The average Bonchev–Trinajstić information content (AvgIpc) is 2.89. The van der Waals surface area contributed by atoms with Crippen molar-refractivity contribution in [2.45, 2.75) is 36.4 Å². The van der Waals surface area contributed by atoms with Crippen LogP contribution in [0.4, 0.5) is 5.69 Å². The van der Waals surface area contributed by atoms with Crippen molar-refractivity contribution in [1.82, 2.24) is 4.90 Å². The van der Waals surface area contributed by atoms with E-state index in [-0.39, 0.29) is 23.7 Å². The summed E-state index contributed by atoms with van der Waals surface area (Å²) in [4.78, 5) is 2.33. The van der Waals surface area contributed by atoms with Crippen molar-refractivity contribution in [3.8, 4) is 0 Å². The molecule has 7 nitrogen and oxygen atoms in total. The van der Waals surface area contributed by atoms with Crippen LogP contribution in [-0.2, 0) is 26.1 Å². The lowest BCUT2D eigenvalue weighted by Gasteiger charge is -2.37. The third kappa shape index (κ3) is 6.60. The van der Waals surface area contributed by atoms with E-state index in [4.69, 9.17) is 9.47 Å². The molecule has 3 aromatic rings. The predicted molar refractivity (Wildman–Crippen MR) is 140 cm³/mol. The van der Waals surface area contributed by atoms with Crippen LogP contribution in [0.5, 0.6) is 0 Å². The first-order valence-electron chi connectivity index (χ1n) is 11.9. The minimum Gasteiger partial charge on any atom is -0.392 e. The van der Waals surface area contributed by atoms with E-state index in [0.29, 0.717) is 18.7 Å². The van der Waals surface area contributed by atoms with Crippen molar-refractivity contribution in [3.05, 3.63) is 108 Å². The monoisotopic (exact) mass is 508 g/mol. The van der Waals surface area contributed by atoms with Crippen LogP contribution in [-0.4, -0.2) is 44.7 Å². The second kappa shape index (κ2) is 11.8. The number of nitrogens with zero attached hydrogens (tertiary/aromatic N) is 1. The molecule has 2 N–H and O–H groups in total. The number of aliphatic hydroxyl groups excluding tert-OH is 1. The summed E-state index contributed by atoms with van der Waals surface area (Å²) in [5.74, 6) is 0. The molecule has 1 unspecified atom stereocenters. The lowest BCUT2D eigenvalue weighted by molar-refractivity contribution is -0.252. The second-order valence-corrected chi connectivity index (χ2v) is 10.6. The maximum atomic E-state index is 12.8. The molecule has 0 saturated carbocycles. The molecule has 0 bridgehead atoms. The highest BCUT2D eigenvalue weighted by Gasteiger charge is 2.33. The summed E-state index contributed by atoms with van der Waals surface area (Å²) in [7, 11) is -1.71. The molecule has 1 fully saturated rings. The predicted octanol–water partition coefficient (Wildman–Crippen LogP) is 4.64. The molecule has 8 heteroatoms. The molecule has 190 valence electrons. The first-order valence-corrected chi connectivity index (χ1v) is 13.3. The average molecular weight is 509 g/mol. The van der Waals surface area contributed by atoms with Gasteiger partial charge in [-0.25, -0.2) is 8.42 Å². The van der Waals surface area contributed by atoms with Gasteiger partial charge in [0.1, 0.15) is 0 Å². The molecular formula is C28H32N2O5S. The van der Waals surface area contributed by atoms with Gasteiger partial charge in [-0.05, 0) is 42.4 Å². The zero-order valence-electron chi connectivity index (χ0n) is 20.3. The van der Waals surface area contributed by atoms with E-state index in [0.717, 1.165) is 23.2 Å². The molecule has 0 amide bonds. The van der Waals surface area contributed by atoms with Gasteiger partial charge < -0.3 is 19.5 Å². The second-order valence-electron chi connectivity index (χ2n) is 8.90. The maximum absolute atomic E-state index is 12.8. The molecule has 1 heterocycles. The number of nitrogens with one attached hydrogen (secondary N) is 1. The van der Waals surface area contributed by atoms with Gasteiger partial charge in [-0.1, -0.05) is 60.7 Å². The Kier molecular flexibility index (Phi) is 8.56. The number of ether oxygens (including phenoxy) is 2. The fourth-order valence-electron chi connectivity index (χ4n) is 4.24. The number of rotatable bonds is 10. The Morgan fingerprint density at radius 3 is 2.47 bits per heavy atom. The Morgan fingerprint density at radius 1 is 1.03 bits per heavy atom. The van der Waals surface area contributed by atoms with Gasteiger partial charge in [-0.3, -0.25) is 4.72 Å². The van der Waals surface area contributed by atoms with E-state index < -0.39 is 16.3 Å². The number of likely N-dealkylation sites (N-methyl/N-ethyl adjacent to an activating group) is 1. The van der Waals surface area contributed by atoms with Gasteiger partial charge in [0.25, 0.3) is 10.0 Å². The van der Waals surface area contributed by atoms with E-state index in [1.54, 1.807) is 48.5 Å². The molecule has 0 spiro atoms. The Morgan fingerprint density at radius 2 is 1.78 bits per heavy atom. The number of anilines is 1. The number of hydrogen-bond donors (Lipinski definition) is 2. The fourth-order valence-corrected chi connectivity index (χ4v) is 5.31. The molecule has 1 saturated heterocycles. The minimum atomic E-state index is -3.72. The molecule has 4 rings (SSSR count). The normalized spacial score (nSPS) is 20.2. The molecule has 1 aliphatic rings. The van der Waals surface area contributed by atoms with Crippen LogP contribution in [0.25, 0.3) is 0 Å². The van der Waals surface area contributed by atoms with Gasteiger partial charge in [-0.2, -0.15) is 0 Å². The third-order valence-corrected chi connectivity index (χ3v) is 7.43. The van der Waals surface area contributed by atoms with Crippen molar-refractivity contribution in [3.63, 3.8) is 0 Å². The minimum absolute atomic E-state index is 0.0157. The molecular weight excluding hydrogens is 476 g/mol. The first-order chi connectivity index (χ1) is 17.4. The van der Waals surface area contributed by atoms with Crippen molar-refractivity contribution < 1.29 is 23.0 Å². The van der Waals surface area contributed by atoms with Crippen LogP contribution in [0.15, 0.2) is 96.4 Å². The standard InChI is InChI=1S/C28H32N2O5S/c1-3-16-30(2)19-25-18-27(22-14-12-21(20-31)13-15-22)35-28(34-25)23-8-7-9-24(17-23)29-36(32,33)26-10-5-4-6-11-26/h3-15,17,25,27-29,31H,1,16,18-20H2,2H3/t25-,27+,28?/m0/s1. The van der Waals surface area contributed by atoms with Gasteiger partial charge in [0.2, 0.25) is 0 Å². The van der Waals surface area contributed by atoms with E-state index >= 15 is 0 Å². The maximum Gasteiger partial charge on any atom is 0.261 e. The Hall–Kier alpha value is -3.01. The van der Waals surface area contributed by atoms with Crippen molar-refractivity contribution in [2.24, 2.45) is 0 Å². The number of hydrogen-bond acceptors (Lipinski definition) is 6. The summed E-state index contributed by atoms with van der Waals surface area (Å²) in [6.45, 7) is 5.22. The molecule has 3 aromatic carbocycles. The summed E-state index contributed by atoms with van der Waals surface area (Å²) in [6.07, 6.45) is 1.51. The van der Waals surface area contributed by atoms with Crippen LogP contribution in [0.3, 0.4) is 0 Å². The van der Waals surface area contributed by atoms with Crippen LogP contribution in [0, 0.1) is 0 Å². The van der Waals surface area contributed by atoms with Gasteiger partial charge in [0, 0.05) is 30.8 Å². The van der Waals surface area contributed by atoms with E-state index in [1.807, 2.05) is 43.5 Å². The highest BCUT2D eigenvalue weighted by atomic mass is 32.2. The third-order valence-electron chi connectivity index (χ3n) is 6.04. The topological polar surface area (TPSA) is 88.1 Å². The van der Waals surface area contributed by atoms with Crippen molar-refractivity contribution in [2.75, 3.05) is 24.9 Å². The molecule has 0 radical (unpaired) electrons. The number of aliphatic hydroxyl groups is 1. The highest BCUT2D eigenvalue weighted by molar-refractivity contribution is 7.92. The molecule has 0 aliphatic carbocycles. The lowest BCUT2D eigenvalue weighted by atomic mass is 9.99. The lowest BCUT2D eigenvalue weighted by Crippen LogP contribution is -2.37. The quantitative estimate of drug-likeness (QED) is 0.388. The van der Waals surface area contributed by atoms with Crippen LogP contribution >= 0.6 is 0 Å². The Bertz CT molecular complexity index is 1250. The summed E-state index contributed by atoms with van der Waals surface area (Å²) < 4.78 is 41.0. The van der Waals surface area contributed by atoms with Gasteiger partial charge in [0.05, 0.1) is 23.7 Å². The van der Waals surface area contributed by atoms with Gasteiger partial charge >= 0.3 is 0 Å². The van der Waals surface area contributed by atoms with E-state index in [9.17, 15) is 13.5 Å². The van der Waals surface area contributed by atoms with Crippen molar-refractivity contribution in [1.29, 1.82) is 0 Å². The first kappa shape index (κ1) is 26.1. The zero-order valence-corrected chi connectivity index (χ0v) is 21.1. The molecule has 3 atom stereocenters. The number of benzene rings is 3. The fraction of sp³-hybridized carbons (Fsp3) is 0.286. The summed E-state index contributed by atoms with van der Waals surface area (Å²) in [5, 5.41) is 9.39. The van der Waals surface area contributed by atoms with E-state index in [2.05, 4.69) is 16.2 Å². The molecule has 36 heavy (non-hydrogen) atoms. The summed E-state index contributed by atoms with van der Waals surface area (Å²) in [6, 6.07) is 23.1. The molecule has 0 aromatic heterocycles. The van der Waals surface area contributed by atoms with Gasteiger partial charge in [-0.15, -0.1) is 6.58 Å². The van der Waals surface area contributed by atoms with Crippen molar-refractivity contribution >= 4 is 15.7 Å². The Balaban J connectivity index is 1.57. The Labute approximate surface area is 213 Å². The van der Waals surface area contributed by atoms with E-state index in [1.165, 1.54) is 0 Å². The zero-order chi connectivity index (χ0) is 25.5.